The first-order valence-corrected chi connectivity index (χ1v) is 4.91. The molecule has 0 aromatic heterocycles. The van der Waals surface area contributed by atoms with E-state index in [1.165, 1.54) is 0 Å². The van der Waals surface area contributed by atoms with Crippen LogP contribution in [0.15, 0.2) is 18.2 Å². The van der Waals surface area contributed by atoms with Crippen LogP contribution in [0.1, 0.15) is 23.5 Å². The molecule has 0 spiro atoms. The van der Waals surface area contributed by atoms with E-state index in [1.807, 2.05) is 25.1 Å². The van der Waals surface area contributed by atoms with Crippen molar-refractivity contribution in [2.24, 2.45) is 0 Å². The van der Waals surface area contributed by atoms with Gasteiger partial charge in [-0.05, 0) is 18.1 Å². The monoisotopic (exact) mass is 200 g/mol. The van der Waals surface area contributed by atoms with Crippen LogP contribution in [-0.2, 0) is 4.79 Å². The molecule has 3 nitrogen and oxygen atoms in total. The molecule has 1 amide bonds. The molecule has 1 aliphatic rings. The van der Waals surface area contributed by atoms with Crippen LogP contribution in [0.5, 0.6) is 0 Å². The van der Waals surface area contributed by atoms with Gasteiger partial charge >= 0.3 is 0 Å². The quantitative estimate of drug-likeness (QED) is 0.695. The number of fused-ring (bicyclic) bond motifs is 1. The highest BCUT2D eigenvalue weighted by molar-refractivity contribution is 6.05. The van der Waals surface area contributed by atoms with E-state index in [4.69, 9.17) is 5.26 Å². The van der Waals surface area contributed by atoms with Crippen molar-refractivity contribution in [2.45, 2.75) is 19.3 Å². The van der Waals surface area contributed by atoms with Gasteiger partial charge in [-0.3, -0.25) is 4.79 Å². The molecule has 0 N–H and O–H groups in total. The van der Waals surface area contributed by atoms with Crippen molar-refractivity contribution in [3.8, 4) is 6.07 Å². The first-order valence-electron chi connectivity index (χ1n) is 4.91. The highest BCUT2D eigenvalue weighted by Crippen LogP contribution is 2.39. The Labute approximate surface area is 88.9 Å². The number of likely N-dealkylation sites (N-methyl/N-ethyl adjacent to an activating group) is 1. The Balaban J connectivity index is 2.56. The summed E-state index contributed by atoms with van der Waals surface area (Å²) in [7, 11) is 1.77. The van der Waals surface area contributed by atoms with E-state index in [0.29, 0.717) is 0 Å². The van der Waals surface area contributed by atoms with E-state index < -0.39 is 0 Å². The van der Waals surface area contributed by atoms with Crippen molar-refractivity contribution in [1.29, 1.82) is 5.26 Å². The Morgan fingerprint density at radius 2 is 2.27 bits per heavy atom. The third-order valence-electron chi connectivity index (χ3n) is 2.90. The number of nitriles is 1. The Hall–Kier alpha value is -1.82. The fourth-order valence-corrected chi connectivity index (χ4v) is 2.19. The molecule has 0 fully saturated rings. The molecule has 0 aliphatic carbocycles. The van der Waals surface area contributed by atoms with Crippen LogP contribution >= 0.6 is 0 Å². The van der Waals surface area contributed by atoms with Gasteiger partial charge in [0.05, 0.1) is 24.1 Å². The summed E-state index contributed by atoms with van der Waals surface area (Å²) in [5, 5.41) is 8.70. The summed E-state index contributed by atoms with van der Waals surface area (Å²) in [5.74, 6) is -0.240. The number of carbonyl (C=O) groups is 1. The zero-order valence-electron chi connectivity index (χ0n) is 8.82. The Kier molecular flexibility index (Phi) is 2.20. The third kappa shape index (κ3) is 1.30. The first-order chi connectivity index (χ1) is 7.16. The highest BCUT2D eigenvalue weighted by atomic mass is 16.2. The van der Waals surface area contributed by atoms with Gasteiger partial charge < -0.3 is 4.90 Å². The van der Waals surface area contributed by atoms with Crippen LogP contribution in [0, 0.1) is 18.3 Å². The maximum absolute atomic E-state index is 11.9. The summed E-state index contributed by atoms with van der Waals surface area (Å²) < 4.78 is 0. The summed E-state index contributed by atoms with van der Waals surface area (Å²) in [6, 6.07) is 7.93. The molecule has 0 saturated carbocycles. The second-order valence-corrected chi connectivity index (χ2v) is 3.82. The number of amides is 1. The SMILES string of the molecule is Cc1cccc2c1N(C)C(=O)[C@H]2CC#N. The van der Waals surface area contributed by atoms with E-state index in [0.717, 1.165) is 16.8 Å². The lowest BCUT2D eigenvalue weighted by molar-refractivity contribution is -0.118. The van der Waals surface area contributed by atoms with Gasteiger partial charge in [0.25, 0.3) is 0 Å². The second kappa shape index (κ2) is 3.39. The van der Waals surface area contributed by atoms with Crippen LogP contribution in [0.2, 0.25) is 0 Å². The number of rotatable bonds is 1. The number of nitrogens with zero attached hydrogens (tertiary/aromatic N) is 2. The minimum atomic E-state index is -0.269. The topological polar surface area (TPSA) is 44.1 Å². The molecule has 1 atom stereocenters. The molecule has 76 valence electrons. The summed E-state index contributed by atoms with van der Waals surface area (Å²) in [4.78, 5) is 13.5. The standard InChI is InChI=1S/C12H12N2O/c1-8-4-3-5-9-10(6-7-13)12(15)14(2)11(8)9/h3-5,10H,6H2,1-2H3/t10-/m0/s1. The Morgan fingerprint density at radius 1 is 1.53 bits per heavy atom. The molecule has 1 aliphatic heterocycles. The lowest BCUT2D eigenvalue weighted by Crippen LogP contribution is -2.24. The highest BCUT2D eigenvalue weighted by Gasteiger charge is 2.35. The number of anilines is 1. The molecule has 2 rings (SSSR count). The summed E-state index contributed by atoms with van der Waals surface area (Å²) >= 11 is 0. The van der Waals surface area contributed by atoms with Gasteiger partial charge in [-0.25, -0.2) is 0 Å². The first kappa shape index (κ1) is 9.72. The van der Waals surface area contributed by atoms with Crippen molar-refractivity contribution in [3.05, 3.63) is 29.3 Å². The fraction of sp³-hybridized carbons (Fsp3) is 0.333. The van der Waals surface area contributed by atoms with Crippen LogP contribution in [0.4, 0.5) is 5.69 Å². The molecule has 1 aromatic rings. The van der Waals surface area contributed by atoms with Crippen LogP contribution < -0.4 is 4.90 Å². The average molecular weight is 200 g/mol. The number of hydrogen-bond donors (Lipinski definition) is 0. The molecule has 3 heteroatoms. The second-order valence-electron chi connectivity index (χ2n) is 3.82. The van der Waals surface area contributed by atoms with Gasteiger partial charge in [0.15, 0.2) is 0 Å². The van der Waals surface area contributed by atoms with Crippen molar-refractivity contribution >= 4 is 11.6 Å². The van der Waals surface area contributed by atoms with E-state index in [9.17, 15) is 4.79 Å². The van der Waals surface area contributed by atoms with Gasteiger partial charge in [-0.2, -0.15) is 5.26 Å². The van der Waals surface area contributed by atoms with E-state index in [1.54, 1.807) is 11.9 Å². The smallest absolute Gasteiger partial charge is 0.235 e. The normalized spacial score (nSPS) is 18.9. The minimum absolute atomic E-state index is 0.0286. The third-order valence-corrected chi connectivity index (χ3v) is 2.90. The number of aryl methyl sites for hydroxylation is 1. The van der Waals surface area contributed by atoms with Crippen molar-refractivity contribution in [1.82, 2.24) is 0 Å². The number of carbonyl (C=O) groups excluding carboxylic acids is 1. The summed E-state index contributed by atoms with van der Waals surface area (Å²) in [6.07, 6.45) is 0.264. The van der Waals surface area contributed by atoms with Gasteiger partial charge in [0.1, 0.15) is 0 Å². The molecule has 1 heterocycles. The molecule has 0 bridgehead atoms. The van der Waals surface area contributed by atoms with E-state index in [2.05, 4.69) is 6.07 Å². The van der Waals surface area contributed by atoms with Crippen LogP contribution in [0.25, 0.3) is 0 Å². The van der Waals surface area contributed by atoms with Crippen LogP contribution in [-0.4, -0.2) is 13.0 Å². The maximum Gasteiger partial charge on any atom is 0.235 e. The fourth-order valence-electron chi connectivity index (χ4n) is 2.19. The lowest BCUT2D eigenvalue weighted by atomic mass is 9.96. The number of benzene rings is 1. The molecule has 0 radical (unpaired) electrons. The van der Waals surface area contributed by atoms with Gasteiger partial charge in [-0.1, -0.05) is 18.2 Å². The predicted molar refractivity (Wildman–Crippen MR) is 57.6 cm³/mol. The molecule has 1 aromatic carbocycles. The molecule has 0 saturated heterocycles. The Morgan fingerprint density at radius 3 is 2.93 bits per heavy atom. The Bertz CT molecular complexity index is 459. The molecular weight excluding hydrogens is 188 g/mol. The van der Waals surface area contributed by atoms with E-state index in [-0.39, 0.29) is 18.2 Å². The predicted octanol–water partition coefficient (Wildman–Crippen LogP) is 1.97. The maximum atomic E-state index is 11.9. The van der Waals surface area contributed by atoms with E-state index >= 15 is 0 Å². The van der Waals surface area contributed by atoms with Crippen molar-refractivity contribution in [3.63, 3.8) is 0 Å². The minimum Gasteiger partial charge on any atom is -0.314 e. The molecular formula is C12H12N2O. The zero-order valence-corrected chi connectivity index (χ0v) is 8.82. The van der Waals surface area contributed by atoms with Gasteiger partial charge in [0, 0.05) is 7.05 Å². The summed E-state index contributed by atoms with van der Waals surface area (Å²) in [6.45, 7) is 1.98. The van der Waals surface area contributed by atoms with Gasteiger partial charge in [-0.15, -0.1) is 0 Å². The van der Waals surface area contributed by atoms with Crippen LogP contribution in [0.3, 0.4) is 0 Å². The number of hydrogen-bond acceptors (Lipinski definition) is 2. The van der Waals surface area contributed by atoms with Crippen molar-refractivity contribution in [2.75, 3.05) is 11.9 Å². The lowest BCUT2D eigenvalue weighted by Gasteiger charge is -2.12. The molecule has 0 unspecified atom stereocenters. The number of para-hydroxylation sites is 1. The van der Waals surface area contributed by atoms with Gasteiger partial charge in [0.2, 0.25) is 5.91 Å². The molecule has 15 heavy (non-hydrogen) atoms. The summed E-state index contributed by atoms with van der Waals surface area (Å²) in [5.41, 5.74) is 3.05. The zero-order chi connectivity index (χ0) is 11.0. The van der Waals surface area contributed by atoms with Crippen molar-refractivity contribution < 1.29 is 4.79 Å². The average Bonchev–Trinajstić information content (AvgIpc) is 2.45. The largest absolute Gasteiger partial charge is 0.314 e.